The lowest BCUT2D eigenvalue weighted by Crippen LogP contribution is -2.07. The lowest BCUT2D eigenvalue weighted by Gasteiger charge is -2.09. The molecule has 0 radical (unpaired) electrons. The molecular formula is C13H18O2. The standard InChI is InChI=1S/C13H18O2/c1-9(2)8-11-4-6-12(7-5-11)10(3)13(14)15/h4-7,9-10H,8H2,1-3H3,(H,14,15)/t10-/m1/s1/i3-1. The van der Waals surface area contributed by atoms with Crippen molar-refractivity contribution in [2.24, 2.45) is 5.92 Å². The minimum absolute atomic E-state index is 0.418. The molecule has 0 aliphatic carbocycles. The summed E-state index contributed by atoms with van der Waals surface area (Å²) < 4.78 is 0. The van der Waals surface area contributed by atoms with Crippen molar-refractivity contribution in [3.05, 3.63) is 35.4 Å². The van der Waals surface area contributed by atoms with E-state index in [0.717, 1.165) is 12.0 Å². The SMILES string of the molecule is CC(C)Cc1ccc([C@@H]([11CH3])C(=O)O)cc1. The van der Waals surface area contributed by atoms with Gasteiger partial charge in [-0.2, -0.15) is 0 Å². The van der Waals surface area contributed by atoms with Crippen molar-refractivity contribution in [1.82, 2.24) is 0 Å². The van der Waals surface area contributed by atoms with Crippen molar-refractivity contribution in [1.29, 1.82) is 0 Å². The van der Waals surface area contributed by atoms with E-state index in [-0.39, 0.29) is 0 Å². The molecule has 0 amide bonds. The van der Waals surface area contributed by atoms with Crippen LogP contribution in [0.5, 0.6) is 0 Å². The van der Waals surface area contributed by atoms with Gasteiger partial charge in [-0.05, 0) is 30.4 Å². The zero-order valence-corrected chi connectivity index (χ0v) is 9.53. The maximum atomic E-state index is 10.8. The van der Waals surface area contributed by atoms with Crippen molar-refractivity contribution >= 4 is 5.97 Å². The Morgan fingerprint density at radius 3 is 2.13 bits per heavy atom. The number of benzene rings is 1. The van der Waals surface area contributed by atoms with Crippen LogP contribution in [-0.4, -0.2) is 11.1 Å². The third-order valence-corrected chi connectivity index (χ3v) is 2.49. The molecule has 0 saturated heterocycles. The van der Waals surface area contributed by atoms with Crippen LogP contribution in [0.1, 0.15) is 37.8 Å². The highest BCUT2D eigenvalue weighted by Crippen LogP contribution is 2.17. The van der Waals surface area contributed by atoms with Crippen LogP contribution in [0, 0.1) is 5.92 Å². The number of aliphatic carboxylic acids is 1. The van der Waals surface area contributed by atoms with E-state index in [4.69, 9.17) is 5.11 Å². The molecule has 0 heterocycles. The topological polar surface area (TPSA) is 37.3 Å². The lowest BCUT2D eigenvalue weighted by molar-refractivity contribution is -0.138. The average Bonchev–Trinajstić information content (AvgIpc) is 2.17. The molecule has 0 saturated carbocycles. The van der Waals surface area contributed by atoms with Crippen LogP contribution >= 0.6 is 0 Å². The van der Waals surface area contributed by atoms with Gasteiger partial charge in [-0.25, -0.2) is 0 Å². The normalized spacial score (nSPS) is 12.8. The summed E-state index contributed by atoms with van der Waals surface area (Å²) in [7, 11) is 0. The van der Waals surface area contributed by atoms with Gasteiger partial charge < -0.3 is 5.11 Å². The molecular weight excluding hydrogens is 187 g/mol. The Morgan fingerprint density at radius 1 is 1.20 bits per heavy atom. The van der Waals surface area contributed by atoms with Crippen molar-refractivity contribution < 1.29 is 9.90 Å². The van der Waals surface area contributed by atoms with Crippen LogP contribution in [0.3, 0.4) is 0 Å². The molecule has 1 aromatic rings. The first-order valence-electron chi connectivity index (χ1n) is 5.32. The zero-order valence-electron chi connectivity index (χ0n) is 9.53. The predicted octanol–water partition coefficient (Wildman–Crippen LogP) is 3.07. The summed E-state index contributed by atoms with van der Waals surface area (Å²) in [6.45, 7) is 6.06. The first-order chi connectivity index (χ1) is 7.00. The Bertz CT molecular complexity index is 325. The average molecular weight is 205 g/mol. The highest BCUT2D eigenvalue weighted by molar-refractivity contribution is 5.75. The van der Waals surface area contributed by atoms with Crippen LogP contribution in [0.15, 0.2) is 24.3 Å². The Labute approximate surface area is 90.9 Å². The van der Waals surface area contributed by atoms with Gasteiger partial charge in [0.15, 0.2) is 0 Å². The zero-order chi connectivity index (χ0) is 11.4. The van der Waals surface area contributed by atoms with Crippen molar-refractivity contribution in [3.8, 4) is 0 Å². The molecule has 0 aliphatic heterocycles. The quantitative estimate of drug-likeness (QED) is 0.820. The molecule has 1 rings (SSSR count). The first-order valence-corrected chi connectivity index (χ1v) is 5.32. The molecule has 0 fully saturated rings. The smallest absolute Gasteiger partial charge is 0.310 e. The van der Waals surface area contributed by atoms with E-state index in [1.165, 1.54) is 5.56 Å². The number of rotatable bonds is 4. The monoisotopic (exact) mass is 205 g/mol. The summed E-state index contributed by atoms with van der Waals surface area (Å²) in [5.41, 5.74) is 2.14. The maximum Gasteiger partial charge on any atom is 0.310 e. The summed E-state index contributed by atoms with van der Waals surface area (Å²) in [6.07, 6.45) is 1.04. The Kier molecular flexibility index (Phi) is 3.89. The molecule has 0 unspecified atom stereocenters. The van der Waals surface area contributed by atoms with E-state index >= 15 is 0 Å². The molecule has 1 atom stereocenters. The van der Waals surface area contributed by atoms with Gasteiger partial charge in [0, 0.05) is 0 Å². The summed E-state index contributed by atoms with van der Waals surface area (Å²) in [6, 6.07) is 7.87. The van der Waals surface area contributed by atoms with Gasteiger partial charge >= 0.3 is 5.97 Å². The second-order valence-corrected chi connectivity index (χ2v) is 4.40. The third kappa shape index (κ3) is 3.39. The predicted molar refractivity (Wildman–Crippen MR) is 61.0 cm³/mol. The van der Waals surface area contributed by atoms with Gasteiger partial charge in [0.1, 0.15) is 0 Å². The van der Waals surface area contributed by atoms with Gasteiger partial charge in [0.25, 0.3) is 0 Å². The number of carboxylic acids is 1. The molecule has 0 aliphatic rings. The second kappa shape index (κ2) is 4.96. The van der Waals surface area contributed by atoms with Crippen molar-refractivity contribution in [2.75, 3.05) is 0 Å². The summed E-state index contributed by atoms with van der Waals surface area (Å²) >= 11 is 0. The van der Waals surface area contributed by atoms with Crippen LogP contribution in [0.2, 0.25) is 0 Å². The molecule has 15 heavy (non-hydrogen) atoms. The fraction of sp³-hybridized carbons (Fsp3) is 0.462. The van der Waals surface area contributed by atoms with Crippen LogP contribution in [0.25, 0.3) is 0 Å². The van der Waals surface area contributed by atoms with E-state index in [1.807, 2.05) is 24.3 Å². The number of carbonyl (C=O) groups is 1. The molecule has 2 heteroatoms. The fourth-order valence-electron chi connectivity index (χ4n) is 1.56. The highest BCUT2D eigenvalue weighted by Gasteiger charge is 2.12. The van der Waals surface area contributed by atoms with Crippen molar-refractivity contribution in [2.45, 2.75) is 33.1 Å². The van der Waals surface area contributed by atoms with Crippen LogP contribution in [0.4, 0.5) is 0 Å². The van der Waals surface area contributed by atoms with Gasteiger partial charge in [0.05, 0.1) is 5.92 Å². The van der Waals surface area contributed by atoms with Gasteiger partial charge in [-0.1, -0.05) is 38.1 Å². The van der Waals surface area contributed by atoms with Crippen molar-refractivity contribution in [3.63, 3.8) is 0 Å². The Morgan fingerprint density at radius 2 is 1.73 bits per heavy atom. The van der Waals surface area contributed by atoms with E-state index in [0.29, 0.717) is 5.92 Å². The molecule has 1 N–H and O–H groups in total. The molecule has 0 aromatic heterocycles. The Hall–Kier alpha value is -1.31. The first kappa shape index (κ1) is 11.8. The van der Waals surface area contributed by atoms with E-state index < -0.39 is 11.9 Å². The van der Waals surface area contributed by atoms with E-state index in [2.05, 4.69) is 13.8 Å². The van der Waals surface area contributed by atoms with E-state index in [9.17, 15) is 4.79 Å². The number of hydrogen-bond donors (Lipinski definition) is 1. The Balaban J connectivity index is 2.76. The van der Waals surface area contributed by atoms with Crippen LogP contribution < -0.4 is 0 Å². The fourth-order valence-corrected chi connectivity index (χ4v) is 1.56. The number of hydrogen-bond acceptors (Lipinski definition) is 1. The third-order valence-electron chi connectivity index (χ3n) is 2.49. The van der Waals surface area contributed by atoms with E-state index in [1.54, 1.807) is 6.92 Å². The molecule has 82 valence electrons. The van der Waals surface area contributed by atoms with Gasteiger partial charge in [-0.15, -0.1) is 0 Å². The lowest BCUT2D eigenvalue weighted by atomic mass is 9.86. The summed E-state index contributed by atoms with van der Waals surface area (Å²) in [4.78, 5) is 10.8. The highest BCUT2D eigenvalue weighted by atomic mass is 16.4. The molecule has 0 bridgehead atoms. The second-order valence-electron chi connectivity index (χ2n) is 4.40. The molecule has 2 nitrogen and oxygen atoms in total. The maximum absolute atomic E-state index is 10.8. The van der Waals surface area contributed by atoms with Gasteiger partial charge in [-0.3, -0.25) is 4.79 Å². The minimum atomic E-state index is -0.772. The summed E-state index contributed by atoms with van der Waals surface area (Å²) in [5.74, 6) is -0.558. The minimum Gasteiger partial charge on any atom is -0.481 e. The van der Waals surface area contributed by atoms with Gasteiger partial charge in [0.2, 0.25) is 0 Å². The van der Waals surface area contributed by atoms with Crippen LogP contribution in [-0.2, 0) is 11.2 Å². The molecule has 0 spiro atoms. The largest absolute Gasteiger partial charge is 0.481 e. The number of carboxylic acid groups (broad SMARTS) is 1. The summed E-state index contributed by atoms with van der Waals surface area (Å²) in [5, 5.41) is 8.85. The molecule has 1 aromatic carbocycles.